The summed E-state index contributed by atoms with van der Waals surface area (Å²) in [6.45, 7) is 4.93. The SMILES string of the molecule is CCOc1ccncc1S(=O)(=O)N(C)[C@@H]1C[C@@H](OCC)C12CCCC2. The summed E-state index contributed by atoms with van der Waals surface area (Å²) in [7, 11) is -1.98. The topological polar surface area (TPSA) is 68.7 Å². The van der Waals surface area contributed by atoms with Crippen molar-refractivity contribution in [2.45, 2.75) is 63.0 Å². The Kier molecular flexibility index (Phi) is 5.37. The molecule has 0 aliphatic heterocycles. The Labute approximate surface area is 150 Å². The molecule has 1 aromatic heterocycles. The molecule has 2 saturated carbocycles. The van der Waals surface area contributed by atoms with Gasteiger partial charge in [-0.15, -0.1) is 0 Å². The highest BCUT2D eigenvalue weighted by Crippen LogP contribution is 2.57. The molecule has 1 heterocycles. The lowest BCUT2D eigenvalue weighted by molar-refractivity contribution is -0.145. The molecule has 2 fully saturated rings. The number of nitrogens with zero attached hydrogens (tertiary/aromatic N) is 2. The van der Waals surface area contributed by atoms with Gasteiger partial charge in [-0.1, -0.05) is 12.8 Å². The summed E-state index contributed by atoms with van der Waals surface area (Å²) in [5, 5.41) is 0. The summed E-state index contributed by atoms with van der Waals surface area (Å²) in [6, 6.07) is 1.59. The van der Waals surface area contributed by atoms with Crippen molar-refractivity contribution in [3.63, 3.8) is 0 Å². The summed E-state index contributed by atoms with van der Waals surface area (Å²) in [4.78, 5) is 4.15. The van der Waals surface area contributed by atoms with Crippen molar-refractivity contribution in [1.82, 2.24) is 9.29 Å². The molecule has 7 heteroatoms. The Balaban J connectivity index is 1.89. The van der Waals surface area contributed by atoms with E-state index in [0.717, 1.165) is 32.1 Å². The fraction of sp³-hybridized carbons (Fsp3) is 0.722. The number of sulfonamides is 1. The molecule has 2 atom stereocenters. The van der Waals surface area contributed by atoms with Gasteiger partial charge in [0.2, 0.25) is 10.0 Å². The zero-order chi connectivity index (χ0) is 18.1. The largest absolute Gasteiger partial charge is 0.492 e. The minimum Gasteiger partial charge on any atom is -0.492 e. The van der Waals surface area contributed by atoms with E-state index in [0.29, 0.717) is 19.0 Å². The first-order valence-electron chi connectivity index (χ1n) is 9.13. The summed E-state index contributed by atoms with van der Waals surface area (Å²) < 4.78 is 39.4. The molecule has 140 valence electrons. The molecular formula is C18H28N2O4S. The van der Waals surface area contributed by atoms with Gasteiger partial charge >= 0.3 is 0 Å². The molecule has 2 aliphatic rings. The van der Waals surface area contributed by atoms with Gasteiger partial charge in [-0.3, -0.25) is 4.98 Å². The Morgan fingerprint density at radius 3 is 2.64 bits per heavy atom. The second-order valence-corrected chi connectivity index (χ2v) is 8.88. The third kappa shape index (κ3) is 3.06. The van der Waals surface area contributed by atoms with Crippen LogP contribution in [0, 0.1) is 5.41 Å². The summed E-state index contributed by atoms with van der Waals surface area (Å²) >= 11 is 0. The van der Waals surface area contributed by atoms with Crippen LogP contribution in [0.5, 0.6) is 5.75 Å². The fourth-order valence-electron chi connectivity index (χ4n) is 4.52. The van der Waals surface area contributed by atoms with Crippen molar-refractivity contribution >= 4 is 10.0 Å². The van der Waals surface area contributed by atoms with E-state index in [1.165, 1.54) is 10.5 Å². The van der Waals surface area contributed by atoms with E-state index in [9.17, 15) is 8.42 Å². The molecule has 1 spiro atoms. The van der Waals surface area contributed by atoms with Crippen LogP contribution in [0.25, 0.3) is 0 Å². The molecule has 0 unspecified atom stereocenters. The van der Waals surface area contributed by atoms with Gasteiger partial charge in [0.25, 0.3) is 0 Å². The Morgan fingerprint density at radius 2 is 2.00 bits per heavy atom. The van der Waals surface area contributed by atoms with E-state index in [1.54, 1.807) is 19.3 Å². The second kappa shape index (κ2) is 7.21. The predicted molar refractivity (Wildman–Crippen MR) is 95.1 cm³/mol. The van der Waals surface area contributed by atoms with Gasteiger partial charge in [0, 0.05) is 31.3 Å². The van der Waals surface area contributed by atoms with E-state index in [-0.39, 0.29) is 22.5 Å². The highest BCUT2D eigenvalue weighted by molar-refractivity contribution is 7.89. The Hall–Kier alpha value is -1.18. The highest BCUT2D eigenvalue weighted by Gasteiger charge is 2.59. The minimum absolute atomic E-state index is 0.0220. The first-order chi connectivity index (χ1) is 12.0. The smallest absolute Gasteiger partial charge is 0.248 e. The molecule has 0 aromatic carbocycles. The normalized spacial score (nSPS) is 25.3. The lowest BCUT2D eigenvalue weighted by Gasteiger charge is -2.56. The zero-order valence-electron chi connectivity index (χ0n) is 15.3. The maximum atomic E-state index is 13.2. The van der Waals surface area contributed by atoms with E-state index in [4.69, 9.17) is 9.47 Å². The third-order valence-electron chi connectivity index (χ3n) is 5.79. The van der Waals surface area contributed by atoms with Crippen LogP contribution in [-0.2, 0) is 14.8 Å². The molecule has 25 heavy (non-hydrogen) atoms. The average Bonchev–Trinajstić information content (AvgIpc) is 3.11. The summed E-state index contributed by atoms with van der Waals surface area (Å²) in [6.07, 6.45) is 8.22. The number of hydrogen-bond donors (Lipinski definition) is 0. The van der Waals surface area contributed by atoms with E-state index < -0.39 is 10.0 Å². The van der Waals surface area contributed by atoms with Crippen molar-refractivity contribution in [3.8, 4) is 5.75 Å². The molecule has 6 nitrogen and oxygen atoms in total. The van der Waals surface area contributed by atoms with Crippen LogP contribution in [0.4, 0.5) is 0 Å². The fourth-order valence-corrected chi connectivity index (χ4v) is 6.04. The Morgan fingerprint density at radius 1 is 1.28 bits per heavy atom. The van der Waals surface area contributed by atoms with Gasteiger partial charge in [0.05, 0.1) is 18.9 Å². The van der Waals surface area contributed by atoms with Gasteiger partial charge in [0.15, 0.2) is 0 Å². The van der Waals surface area contributed by atoms with Crippen LogP contribution < -0.4 is 4.74 Å². The number of pyridine rings is 1. The van der Waals surface area contributed by atoms with Crippen LogP contribution in [0.3, 0.4) is 0 Å². The van der Waals surface area contributed by atoms with Gasteiger partial charge < -0.3 is 9.47 Å². The van der Waals surface area contributed by atoms with Crippen LogP contribution in [0.15, 0.2) is 23.4 Å². The van der Waals surface area contributed by atoms with Crippen molar-refractivity contribution in [2.24, 2.45) is 5.41 Å². The van der Waals surface area contributed by atoms with Crippen molar-refractivity contribution in [3.05, 3.63) is 18.5 Å². The van der Waals surface area contributed by atoms with Crippen LogP contribution >= 0.6 is 0 Å². The van der Waals surface area contributed by atoms with Crippen LogP contribution in [-0.4, -0.2) is 50.1 Å². The first-order valence-corrected chi connectivity index (χ1v) is 10.6. The molecule has 2 aliphatic carbocycles. The molecule has 0 bridgehead atoms. The molecule has 0 radical (unpaired) electrons. The van der Waals surface area contributed by atoms with Crippen molar-refractivity contribution < 1.29 is 17.9 Å². The van der Waals surface area contributed by atoms with Gasteiger partial charge in [0.1, 0.15) is 10.6 Å². The monoisotopic (exact) mass is 368 g/mol. The Bertz CT molecular complexity index is 701. The number of ether oxygens (including phenoxy) is 2. The third-order valence-corrected chi connectivity index (χ3v) is 7.66. The number of aromatic nitrogens is 1. The average molecular weight is 368 g/mol. The maximum absolute atomic E-state index is 13.2. The van der Waals surface area contributed by atoms with E-state index >= 15 is 0 Å². The summed E-state index contributed by atoms with van der Waals surface area (Å²) in [5.74, 6) is 0.366. The van der Waals surface area contributed by atoms with Gasteiger partial charge in [-0.2, -0.15) is 4.31 Å². The minimum atomic E-state index is -3.66. The lowest BCUT2D eigenvalue weighted by atomic mass is 9.60. The molecule has 0 N–H and O–H groups in total. The molecule has 3 rings (SSSR count). The molecular weight excluding hydrogens is 340 g/mol. The first kappa shape index (κ1) is 18.6. The lowest BCUT2D eigenvalue weighted by Crippen LogP contribution is -2.63. The van der Waals surface area contributed by atoms with Gasteiger partial charge in [-0.25, -0.2) is 8.42 Å². The molecule has 1 aromatic rings. The van der Waals surface area contributed by atoms with Crippen LogP contribution in [0.2, 0.25) is 0 Å². The number of rotatable bonds is 7. The zero-order valence-corrected chi connectivity index (χ0v) is 16.1. The van der Waals surface area contributed by atoms with Crippen LogP contribution in [0.1, 0.15) is 46.0 Å². The standard InChI is InChI=1S/C18H28N2O4S/c1-4-23-14-8-11-19-13-15(14)25(21,22)20(3)16-12-17(24-5-2)18(16)9-6-7-10-18/h8,11,13,16-17H,4-7,9-10,12H2,1-3H3/t16-,17-/m1/s1. The van der Waals surface area contributed by atoms with Gasteiger partial charge in [-0.05, 0) is 39.2 Å². The second-order valence-electron chi connectivity index (χ2n) is 6.91. The molecule has 0 saturated heterocycles. The number of hydrogen-bond acceptors (Lipinski definition) is 5. The summed E-state index contributed by atoms with van der Waals surface area (Å²) in [5.41, 5.74) is -0.0359. The quantitative estimate of drug-likeness (QED) is 0.740. The van der Waals surface area contributed by atoms with E-state index in [2.05, 4.69) is 4.98 Å². The highest BCUT2D eigenvalue weighted by atomic mass is 32.2. The van der Waals surface area contributed by atoms with E-state index in [1.807, 2.05) is 13.8 Å². The van der Waals surface area contributed by atoms with Crippen molar-refractivity contribution in [1.29, 1.82) is 0 Å². The van der Waals surface area contributed by atoms with Crippen molar-refractivity contribution in [2.75, 3.05) is 20.3 Å². The molecule has 0 amide bonds. The maximum Gasteiger partial charge on any atom is 0.248 e. The predicted octanol–water partition coefficient (Wildman–Crippen LogP) is 2.84.